The average molecular weight is 856 g/mol. The lowest BCUT2D eigenvalue weighted by Gasteiger charge is -2.27. The van der Waals surface area contributed by atoms with E-state index in [2.05, 4.69) is 210 Å². The highest BCUT2D eigenvalue weighted by molar-refractivity contribution is 7.26. The summed E-state index contributed by atoms with van der Waals surface area (Å²) in [5, 5.41) is 9.83. The Morgan fingerprint density at radius 2 is 1.14 bits per heavy atom. The zero-order valence-electron chi connectivity index (χ0n) is 34.4. The number of rotatable bonds is 7. The SMILES string of the molecule is c1ccc(-c2cccc(C3NC(c4ccc5sc6cccc(N(c7ccccc7)c7ccc(-c8cccc9c8oc8ccccc89)cc7)c6c5c4)=Nc4c3sc3ccccc43)c2)cc1. The maximum absolute atomic E-state index is 6.45. The Morgan fingerprint density at radius 1 is 0.469 bits per heavy atom. The van der Waals surface area contributed by atoms with Crippen molar-refractivity contribution in [1.29, 1.82) is 0 Å². The second-order valence-electron chi connectivity index (χ2n) is 16.3. The first-order valence-electron chi connectivity index (χ1n) is 21.6. The third kappa shape index (κ3) is 6.06. The second kappa shape index (κ2) is 15.0. The number of benzene rings is 9. The molecule has 0 saturated carbocycles. The van der Waals surface area contributed by atoms with Crippen molar-refractivity contribution in [3.63, 3.8) is 0 Å². The van der Waals surface area contributed by atoms with Crippen molar-refractivity contribution < 1.29 is 4.42 Å². The first-order chi connectivity index (χ1) is 31.7. The smallest absolute Gasteiger partial charge is 0.143 e. The maximum Gasteiger partial charge on any atom is 0.143 e. The quantitative estimate of drug-likeness (QED) is 0.174. The Hall–Kier alpha value is -7.77. The van der Waals surface area contributed by atoms with E-state index in [1.54, 1.807) is 0 Å². The Morgan fingerprint density at radius 3 is 2.02 bits per heavy atom. The van der Waals surface area contributed by atoms with Gasteiger partial charge in [-0.25, -0.2) is 4.99 Å². The molecule has 64 heavy (non-hydrogen) atoms. The third-order valence-corrected chi connectivity index (χ3v) is 14.9. The van der Waals surface area contributed by atoms with Crippen LogP contribution >= 0.6 is 22.7 Å². The van der Waals surface area contributed by atoms with Gasteiger partial charge in [0, 0.05) is 63.5 Å². The molecule has 6 heteroatoms. The van der Waals surface area contributed by atoms with Crippen molar-refractivity contribution in [2.75, 3.05) is 4.90 Å². The Kier molecular flexibility index (Phi) is 8.61. The van der Waals surface area contributed by atoms with Crippen molar-refractivity contribution in [2.24, 2.45) is 4.99 Å². The van der Waals surface area contributed by atoms with Gasteiger partial charge in [0.1, 0.15) is 17.0 Å². The van der Waals surface area contributed by atoms with Gasteiger partial charge in [-0.2, -0.15) is 0 Å². The summed E-state index contributed by atoms with van der Waals surface area (Å²) in [7, 11) is 0. The molecule has 0 fully saturated rings. The van der Waals surface area contributed by atoms with Crippen molar-refractivity contribution >= 4 is 103 Å². The van der Waals surface area contributed by atoms with Crippen LogP contribution in [0.5, 0.6) is 0 Å². The minimum atomic E-state index is -0.0654. The van der Waals surface area contributed by atoms with E-state index < -0.39 is 0 Å². The molecule has 302 valence electrons. The molecule has 0 bridgehead atoms. The second-order valence-corrected chi connectivity index (χ2v) is 18.5. The number of thiophene rings is 2. The lowest BCUT2D eigenvalue weighted by Crippen LogP contribution is -2.32. The molecule has 4 heterocycles. The van der Waals surface area contributed by atoms with Gasteiger partial charge < -0.3 is 14.6 Å². The van der Waals surface area contributed by atoms with Gasteiger partial charge in [-0.1, -0.05) is 140 Å². The van der Waals surface area contributed by atoms with Crippen LogP contribution in [0.2, 0.25) is 0 Å². The van der Waals surface area contributed by atoms with E-state index in [0.717, 1.165) is 67.2 Å². The zero-order chi connectivity index (χ0) is 42.1. The molecule has 1 N–H and O–H groups in total. The molecule has 1 atom stereocenters. The van der Waals surface area contributed by atoms with Crippen LogP contribution in [-0.4, -0.2) is 5.84 Å². The highest BCUT2D eigenvalue weighted by Crippen LogP contribution is 2.48. The Labute approximate surface area is 377 Å². The van der Waals surface area contributed by atoms with Crippen molar-refractivity contribution in [3.8, 4) is 22.3 Å². The van der Waals surface area contributed by atoms with E-state index in [0.29, 0.717) is 0 Å². The number of anilines is 3. The number of aliphatic imine (C=N–C) groups is 1. The Balaban J connectivity index is 0.936. The number of hydrogen-bond acceptors (Lipinski definition) is 6. The van der Waals surface area contributed by atoms with Crippen LogP contribution in [-0.2, 0) is 0 Å². The van der Waals surface area contributed by atoms with Gasteiger partial charge >= 0.3 is 0 Å². The highest BCUT2D eigenvalue weighted by Gasteiger charge is 2.29. The molecule has 1 aliphatic heterocycles. The first-order valence-corrected chi connectivity index (χ1v) is 23.2. The van der Waals surface area contributed by atoms with Crippen LogP contribution in [0.15, 0.2) is 222 Å². The van der Waals surface area contributed by atoms with Crippen LogP contribution in [0.4, 0.5) is 22.7 Å². The predicted molar refractivity (Wildman–Crippen MR) is 272 cm³/mol. The van der Waals surface area contributed by atoms with E-state index in [1.165, 1.54) is 51.8 Å². The monoisotopic (exact) mass is 855 g/mol. The number of nitrogens with zero attached hydrogens (tertiary/aromatic N) is 2. The molecule has 12 aromatic rings. The lowest BCUT2D eigenvalue weighted by molar-refractivity contribution is 0.670. The van der Waals surface area contributed by atoms with Gasteiger partial charge in [-0.15, -0.1) is 22.7 Å². The molecule has 0 spiro atoms. The molecule has 1 aliphatic rings. The van der Waals surface area contributed by atoms with Crippen molar-refractivity contribution in [1.82, 2.24) is 5.32 Å². The molecule has 4 nitrogen and oxygen atoms in total. The topological polar surface area (TPSA) is 40.8 Å². The van der Waals surface area contributed by atoms with E-state index in [4.69, 9.17) is 9.41 Å². The van der Waals surface area contributed by atoms with Gasteiger partial charge in [0.05, 0.1) is 22.3 Å². The fourth-order valence-corrected chi connectivity index (χ4v) is 11.9. The largest absolute Gasteiger partial charge is 0.455 e. The Bertz CT molecular complexity index is 3770. The average Bonchev–Trinajstić information content (AvgIpc) is 4.06. The number of amidine groups is 1. The minimum absolute atomic E-state index is 0.0654. The number of hydrogen-bond donors (Lipinski definition) is 1. The van der Waals surface area contributed by atoms with Crippen LogP contribution < -0.4 is 10.2 Å². The summed E-state index contributed by atoms with van der Waals surface area (Å²) in [5.41, 5.74) is 13.0. The number of furan rings is 1. The maximum atomic E-state index is 6.45. The molecule has 0 radical (unpaired) electrons. The summed E-state index contributed by atoms with van der Waals surface area (Å²) in [6, 6.07) is 76.0. The summed E-state index contributed by atoms with van der Waals surface area (Å²) in [6.07, 6.45) is 0. The van der Waals surface area contributed by atoms with Gasteiger partial charge in [-0.3, -0.25) is 0 Å². The van der Waals surface area contributed by atoms with Gasteiger partial charge in [-0.05, 0) is 95.1 Å². The van der Waals surface area contributed by atoms with E-state index in [9.17, 15) is 0 Å². The van der Waals surface area contributed by atoms with Gasteiger partial charge in [0.2, 0.25) is 0 Å². The van der Waals surface area contributed by atoms with E-state index >= 15 is 0 Å². The molecular formula is C58H37N3OS2. The highest BCUT2D eigenvalue weighted by atomic mass is 32.1. The van der Waals surface area contributed by atoms with Crippen molar-refractivity contribution in [2.45, 2.75) is 6.04 Å². The van der Waals surface area contributed by atoms with Crippen LogP contribution in [0.1, 0.15) is 22.0 Å². The molecule has 0 amide bonds. The standard InChI is InChI=1S/C58H37N3OS2/c1-3-14-36(15-4-1)38-16-11-17-39(34-38)54-57-55(46-21-8-10-26-50(46)64-57)60-58(59-54)40-30-33-51-47(35-40)53-48(24-13-27-52(53)63-51)61(41-18-5-2-6-19-41)42-31-28-37(29-32-42)43-22-12-23-45-44-20-7-9-25-49(44)62-56(43)45/h1-35,54H,(H,59,60). The lowest BCUT2D eigenvalue weighted by atomic mass is 9.96. The van der Waals surface area contributed by atoms with E-state index in [-0.39, 0.29) is 6.04 Å². The molecule has 3 aromatic heterocycles. The zero-order valence-corrected chi connectivity index (χ0v) is 36.0. The summed E-state index contributed by atoms with van der Waals surface area (Å²) in [5.74, 6) is 0.875. The normalized spacial score (nSPS) is 13.7. The van der Waals surface area contributed by atoms with Gasteiger partial charge in [0.25, 0.3) is 0 Å². The fraction of sp³-hybridized carbons (Fsp3) is 0.0172. The van der Waals surface area contributed by atoms with E-state index in [1.807, 2.05) is 34.8 Å². The summed E-state index contributed by atoms with van der Waals surface area (Å²) >= 11 is 3.67. The third-order valence-electron chi connectivity index (χ3n) is 12.5. The number of nitrogens with one attached hydrogen (secondary N) is 1. The number of para-hydroxylation sites is 3. The molecule has 9 aromatic carbocycles. The molecule has 1 unspecified atom stereocenters. The summed E-state index contributed by atoms with van der Waals surface area (Å²) in [4.78, 5) is 9.08. The van der Waals surface area contributed by atoms with Crippen LogP contribution in [0.3, 0.4) is 0 Å². The molecule has 0 aliphatic carbocycles. The molecule has 13 rings (SSSR count). The predicted octanol–water partition coefficient (Wildman–Crippen LogP) is 16.7. The summed E-state index contributed by atoms with van der Waals surface area (Å²) < 4.78 is 10.2. The van der Waals surface area contributed by atoms with Crippen LogP contribution in [0.25, 0.3) is 74.5 Å². The van der Waals surface area contributed by atoms with Gasteiger partial charge in [0.15, 0.2) is 0 Å². The number of fused-ring (bicyclic) bond motifs is 9. The van der Waals surface area contributed by atoms with Crippen molar-refractivity contribution in [3.05, 3.63) is 228 Å². The fourth-order valence-electron chi connectivity index (χ4n) is 9.53. The minimum Gasteiger partial charge on any atom is -0.455 e. The molecular weight excluding hydrogens is 819 g/mol. The molecule has 0 saturated heterocycles. The van der Waals surface area contributed by atoms with Crippen LogP contribution in [0, 0.1) is 0 Å². The summed E-state index contributed by atoms with van der Waals surface area (Å²) in [6.45, 7) is 0. The first kappa shape index (κ1) is 36.8.